The molecule has 0 rings (SSSR count). The van der Waals surface area contributed by atoms with Gasteiger partial charge < -0.3 is 5.11 Å². The normalized spacial score (nSPS) is 13.1. The Kier molecular flexibility index (Phi) is 7.44. The molecule has 0 bridgehead atoms. The van der Waals surface area contributed by atoms with Gasteiger partial charge >= 0.3 is 0 Å². The van der Waals surface area contributed by atoms with Crippen LogP contribution in [0.5, 0.6) is 0 Å². The predicted molar refractivity (Wildman–Crippen MR) is 68.3 cm³/mol. The lowest BCUT2D eigenvalue weighted by Crippen LogP contribution is -2.39. The minimum Gasteiger partial charge on any atom is -0.381 e. The lowest BCUT2D eigenvalue weighted by Gasteiger charge is -2.41. The highest BCUT2D eigenvalue weighted by molar-refractivity contribution is 7.56. The van der Waals surface area contributed by atoms with Crippen LogP contribution in [-0.4, -0.2) is 59.1 Å². The second kappa shape index (κ2) is 7.41. The van der Waals surface area contributed by atoms with Crippen molar-refractivity contribution in [1.29, 1.82) is 0 Å². The standard InChI is InChI=1S/C10H26N3O2P/c1-6-12(7-2)16(15,11(5)10-14)13(8-3)9-4/h14H,6-10H2,1-5H3. The fourth-order valence-corrected chi connectivity index (χ4v) is 4.74. The molecular weight excluding hydrogens is 225 g/mol. The second-order valence-corrected chi connectivity index (χ2v) is 6.43. The zero-order chi connectivity index (χ0) is 12.8. The lowest BCUT2D eigenvalue weighted by molar-refractivity contribution is 0.173. The summed E-state index contributed by atoms with van der Waals surface area (Å²) in [6.07, 6.45) is 0. The van der Waals surface area contributed by atoms with E-state index >= 15 is 0 Å². The van der Waals surface area contributed by atoms with Gasteiger partial charge in [-0.2, -0.15) is 0 Å². The molecule has 0 aromatic rings. The molecule has 1 N–H and O–H groups in total. The van der Waals surface area contributed by atoms with Crippen molar-refractivity contribution >= 4 is 7.59 Å². The third-order valence-electron chi connectivity index (χ3n) is 2.85. The fourth-order valence-electron chi connectivity index (χ4n) is 1.88. The molecule has 0 radical (unpaired) electrons. The molecule has 16 heavy (non-hydrogen) atoms. The molecule has 0 saturated heterocycles. The van der Waals surface area contributed by atoms with Crippen molar-refractivity contribution in [3.8, 4) is 0 Å². The van der Waals surface area contributed by atoms with Crippen molar-refractivity contribution in [3.63, 3.8) is 0 Å². The van der Waals surface area contributed by atoms with Crippen LogP contribution < -0.4 is 0 Å². The average Bonchev–Trinajstić information content (AvgIpc) is 2.30. The summed E-state index contributed by atoms with van der Waals surface area (Å²) >= 11 is 0. The van der Waals surface area contributed by atoms with Crippen molar-refractivity contribution in [3.05, 3.63) is 0 Å². The summed E-state index contributed by atoms with van der Waals surface area (Å²) in [4.78, 5) is 0. The number of aliphatic hydroxyl groups is 1. The fraction of sp³-hybridized carbons (Fsp3) is 1.00. The second-order valence-electron chi connectivity index (χ2n) is 3.59. The predicted octanol–water partition coefficient (Wildman–Crippen LogP) is 1.66. The summed E-state index contributed by atoms with van der Waals surface area (Å²) in [5.41, 5.74) is 0. The van der Waals surface area contributed by atoms with E-state index in [1.54, 1.807) is 11.7 Å². The van der Waals surface area contributed by atoms with E-state index < -0.39 is 7.59 Å². The van der Waals surface area contributed by atoms with Gasteiger partial charge in [0.25, 0.3) is 7.59 Å². The monoisotopic (exact) mass is 251 g/mol. The third kappa shape index (κ3) is 3.05. The maximum absolute atomic E-state index is 13.1. The lowest BCUT2D eigenvalue weighted by atomic mass is 10.7. The van der Waals surface area contributed by atoms with Gasteiger partial charge in [-0.1, -0.05) is 27.7 Å². The Hall–Kier alpha value is 0.0700. The molecular formula is C10H26N3O2P. The molecule has 0 aromatic heterocycles. The zero-order valence-electron chi connectivity index (χ0n) is 11.2. The first-order valence-electron chi connectivity index (χ1n) is 5.96. The SMILES string of the molecule is CCN(CC)P(=O)(N(C)CO)N(CC)CC. The molecule has 0 unspecified atom stereocenters. The van der Waals surface area contributed by atoms with E-state index in [1.165, 1.54) is 0 Å². The molecule has 0 heterocycles. The summed E-state index contributed by atoms with van der Waals surface area (Å²) in [6.45, 7) is 10.6. The number of aliphatic hydroxyl groups excluding tert-OH is 1. The summed E-state index contributed by atoms with van der Waals surface area (Å²) in [7, 11) is -1.07. The van der Waals surface area contributed by atoms with Gasteiger partial charge in [-0.15, -0.1) is 0 Å². The highest BCUT2D eigenvalue weighted by Crippen LogP contribution is 2.54. The van der Waals surface area contributed by atoms with Gasteiger partial charge in [0.1, 0.15) is 6.73 Å². The Morgan fingerprint density at radius 1 is 0.938 bits per heavy atom. The van der Waals surface area contributed by atoms with Crippen molar-refractivity contribution in [2.45, 2.75) is 27.7 Å². The van der Waals surface area contributed by atoms with E-state index in [0.717, 1.165) is 0 Å². The Balaban J connectivity index is 5.23. The smallest absolute Gasteiger partial charge is 0.288 e. The summed E-state index contributed by atoms with van der Waals surface area (Å²) in [5, 5.41) is 9.25. The molecule has 0 fully saturated rings. The van der Waals surface area contributed by atoms with Crippen molar-refractivity contribution in [2.24, 2.45) is 0 Å². The van der Waals surface area contributed by atoms with Gasteiger partial charge in [-0.25, -0.2) is 14.0 Å². The van der Waals surface area contributed by atoms with Crippen molar-refractivity contribution in [1.82, 2.24) is 14.0 Å². The van der Waals surface area contributed by atoms with Crippen LogP contribution >= 0.6 is 7.59 Å². The molecule has 0 spiro atoms. The summed E-state index contributed by atoms with van der Waals surface area (Å²) in [5.74, 6) is 0. The first-order chi connectivity index (χ1) is 7.52. The van der Waals surface area contributed by atoms with Crippen LogP contribution in [0.1, 0.15) is 27.7 Å². The van der Waals surface area contributed by atoms with E-state index in [0.29, 0.717) is 26.2 Å². The molecule has 98 valence electrons. The quantitative estimate of drug-likeness (QED) is 0.525. The highest BCUT2D eigenvalue weighted by atomic mass is 31.2. The van der Waals surface area contributed by atoms with Gasteiger partial charge in [0.05, 0.1) is 0 Å². The van der Waals surface area contributed by atoms with Crippen LogP contribution in [0.25, 0.3) is 0 Å². The average molecular weight is 251 g/mol. The Morgan fingerprint density at radius 3 is 1.44 bits per heavy atom. The number of nitrogens with zero attached hydrogens (tertiary/aromatic N) is 3. The van der Waals surface area contributed by atoms with Crippen LogP contribution in [-0.2, 0) is 4.57 Å². The molecule has 0 aliphatic heterocycles. The van der Waals surface area contributed by atoms with Crippen molar-refractivity contribution < 1.29 is 9.67 Å². The first kappa shape index (κ1) is 16.1. The Labute approximate surface area is 99.6 Å². The van der Waals surface area contributed by atoms with Crippen molar-refractivity contribution in [2.75, 3.05) is 40.0 Å². The van der Waals surface area contributed by atoms with Gasteiger partial charge in [0.2, 0.25) is 0 Å². The molecule has 0 amide bonds. The van der Waals surface area contributed by atoms with E-state index in [4.69, 9.17) is 0 Å². The topological polar surface area (TPSA) is 47.0 Å². The van der Waals surface area contributed by atoms with Crippen LogP contribution in [0, 0.1) is 0 Å². The zero-order valence-corrected chi connectivity index (χ0v) is 12.1. The van der Waals surface area contributed by atoms with E-state index in [9.17, 15) is 9.67 Å². The molecule has 0 aromatic carbocycles. The largest absolute Gasteiger partial charge is 0.381 e. The van der Waals surface area contributed by atoms with Gasteiger partial charge in [0.15, 0.2) is 0 Å². The van der Waals surface area contributed by atoms with E-state index in [2.05, 4.69) is 0 Å². The number of hydrogen-bond acceptors (Lipinski definition) is 2. The third-order valence-corrected chi connectivity index (χ3v) is 6.47. The minimum atomic E-state index is -2.78. The molecule has 0 atom stereocenters. The maximum atomic E-state index is 13.1. The van der Waals surface area contributed by atoms with Crippen LogP contribution in [0.4, 0.5) is 0 Å². The molecule has 5 nitrogen and oxygen atoms in total. The molecule has 0 saturated carbocycles. The van der Waals surface area contributed by atoms with E-state index in [1.807, 2.05) is 37.0 Å². The van der Waals surface area contributed by atoms with Crippen LogP contribution in [0.2, 0.25) is 0 Å². The summed E-state index contributed by atoms with van der Waals surface area (Å²) < 4.78 is 18.5. The first-order valence-corrected chi connectivity index (χ1v) is 7.52. The molecule has 0 aliphatic carbocycles. The molecule has 0 aliphatic rings. The van der Waals surface area contributed by atoms with Gasteiger partial charge in [0, 0.05) is 26.2 Å². The molecule has 6 heteroatoms. The summed E-state index contributed by atoms with van der Waals surface area (Å²) in [6, 6.07) is 0. The van der Waals surface area contributed by atoms with Crippen LogP contribution in [0.3, 0.4) is 0 Å². The minimum absolute atomic E-state index is 0.190. The van der Waals surface area contributed by atoms with Gasteiger partial charge in [-0.05, 0) is 7.05 Å². The van der Waals surface area contributed by atoms with Gasteiger partial charge in [-0.3, -0.25) is 4.57 Å². The highest BCUT2D eigenvalue weighted by Gasteiger charge is 2.37. The number of hydrogen-bond donors (Lipinski definition) is 1. The van der Waals surface area contributed by atoms with E-state index in [-0.39, 0.29) is 6.73 Å². The number of rotatable bonds is 8. The maximum Gasteiger partial charge on any atom is 0.288 e. The van der Waals surface area contributed by atoms with Crippen LogP contribution in [0.15, 0.2) is 0 Å². The Morgan fingerprint density at radius 2 is 1.25 bits per heavy atom. The Bertz CT molecular complexity index is 214.